The van der Waals surface area contributed by atoms with Crippen molar-refractivity contribution in [1.29, 1.82) is 0 Å². The van der Waals surface area contributed by atoms with Crippen LogP contribution in [0, 0.1) is 0 Å². The number of rotatable bonds is 6. The number of pyridine rings is 1. The molecule has 1 heterocycles. The Bertz CT molecular complexity index is 836. The summed E-state index contributed by atoms with van der Waals surface area (Å²) in [4.78, 5) is 25.1. The molecule has 0 fully saturated rings. The van der Waals surface area contributed by atoms with Crippen molar-refractivity contribution >= 4 is 17.5 Å². The molecule has 26 heavy (non-hydrogen) atoms. The molecule has 0 N–H and O–H groups in total. The van der Waals surface area contributed by atoms with Crippen LogP contribution >= 0.6 is 11.6 Å². The zero-order valence-corrected chi connectivity index (χ0v) is 14.5. The molecule has 0 unspecified atom stereocenters. The smallest absolute Gasteiger partial charge is 0.417 e. The highest BCUT2D eigenvalue weighted by Crippen LogP contribution is 2.28. The molecular weight excluding hydrogens is 373 g/mol. The van der Waals surface area contributed by atoms with Gasteiger partial charge in [-0.15, -0.1) is 0 Å². The van der Waals surface area contributed by atoms with Crippen molar-refractivity contribution < 1.29 is 22.7 Å². The van der Waals surface area contributed by atoms with Crippen LogP contribution in [0.1, 0.15) is 5.56 Å². The Labute approximate surface area is 152 Å². The van der Waals surface area contributed by atoms with Crippen LogP contribution < -0.4 is 10.3 Å². The highest BCUT2D eigenvalue weighted by Gasteiger charge is 2.31. The van der Waals surface area contributed by atoms with Crippen molar-refractivity contribution in [3.05, 3.63) is 63.5 Å². The molecule has 0 radical (unpaired) electrons. The third-order valence-corrected chi connectivity index (χ3v) is 3.77. The average molecular weight is 389 g/mol. The van der Waals surface area contributed by atoms with Gasteiger partial charge in [0.1, 0.15) is 18.9 Å². The number of hydrogen-bond acceptors (Lipinski definition) is 3. The summed E-state index contributed by atoms with van der Waals surface area (Å²) >= 11 is 5.83. The highest BCUT2D eigenvalue weighted by molar-refractivity contribution is 6.30. The summed E-state index contributed by atoms with van der Waals surface area (Å²) in [6, 6.07) is 8.20. The van der Waals surface area contributed by atoms with Crippen molar-refractivity contribution in [1.82, 2.24) is 9.47 Å². The number of ether oxygens (including phenoxy) is 1. The first kappa shape index (κ1) is 19.8. The number of benzene rings is 1. The van der Waals surface area contributed by atoms with Gasteiger partial charge in [0, 0.05) is 24.3 Å². The summed E-state index contributed by atoms with van der Waals surface area (Å²) in [5.74, 6) is 0.0218. The van der Waals surface area contributed by atoms with E-state index in [0.29, 0.717) is 23.0 Å². The molecule has 140 valence electrons. The van der Waals surface area contributed by atoms with E-state index in [1.54, 1.807) is 24.3 Å². The van der Waals surface area contributed by atoms with Crippen LogP contribution in [0.15, 0.2) is 47.4 Å². The van der Waals surface area contributed by atoms with Crippen molar-refractivity contribution in [2.24, 2.45) is 0 Å². The van der Waals surface area contributed by atoms with E-state index >= 15 is 0 Å². The molecule has 1 aromatic heterocycles. The number of halogens is 4. The second-order valence-corrected chi connectivity index (χ2v) is 5.94. The maximum atomic E-state index is 12.7. The lowest BCUT2D eigenvalue weighted by molar-refractivity contribution is -0.138. The van der Waals surface area contributed by atoms with E-state index in [9.17, 15) is 22.8 Å². The Balaban J connectivity index is 1.93. The molecule has 0 aliphatic rings. The molecule has 2 rings (SSSR count). The van der Waals surface area contributed by atoms with Crippen LogP contribution in [0.5, 0.6) is 5.75 Å². The van der Waals surface area contributed by atoms with E-state index in [1.807, 2.05) is 0 Å². The predicted molar refractivity (Wildman–Crippen MR) is 90.3 cm³/mol. The van der Waals surface area contributed by atoms with Gasteiger partial charge in [-0.1, -0.05) is 17.7 Å². The Hall–Kier alpha value is -2.48. The third kappa shape index (κ3) is 5.52. The minimum Gasteiger partial charge on any atom is -0.492 e. The molecule has 1 aromatic carbocycles. The summed E-state index contributed by atoms with van der Waals surface area (Å²) in [6.07, 6.45) is -3.95. The number of alkyl halides is 3. The van der Waals surface area contributed by atoms with Crippen molar-refractivity contribution in [3.8, 4) is 5.75 Å². The fourth-order valence-corrected chi connectivity index (χ4v) is 2.25. The van der Waals surface area contributed by atoms with Crippen LogP contribution in [0.4, 0.5) is 13.2 Å². The molecule has 9 heteroatoms. The van der Waals surface area contributed by atoms with Crippen molar-refractivity contribution in [2.45, 2.75) is 12.7 Å². The molecule has 5 nitrogen and oxygen atoms in total. The number of amides is 1. The first-order valence-corrected chi connectivity index (χ1v) is 7.94. The number of carbonyl (C=O) groups is 1. The van der Waals surface area contributed by atoms with Crippen molar-refractivity contribution in [3.63, 3.8) is 0 Å². The molecule has 0 atom stereocenters. The van der Waals surface area contributed by atoms with Gasteiger partial charge in [0.05, 0.1) is 12.1 Å². The number of hydrogen-bond donors (Lipinski definition) is 0. The Morgan fingerprint density at radius 2 is 2.00 bits per heavy atom. The lowest BCUT2D eigenvalue weighted by atomic mass is 10.2. The SMILES string of the molecule is CN(CCOc1cccc(Cl)c1)C(=O)Cn1cc(C(F)(F)F)ccc1=O. The van der Waals surface area contributed by atoms with Crippen LogP contribution in [0.3, 0.4) is 0 Å². The van der Waals surface area contributed by atoms with Gasteiger partial charge in [-0.05, 0) is 24.3 Å². The van der Waals surface area contributed by atoms with Gasteiger partial charge >= 0.3 is 6.18 Å². The zero-order valence-electron chi connectivity index (χ0n) is 13.8. The second-order valence-electron chi connectivity index (χ2n) is 5.50. The standard InChI is InChI=1S/C17H16ClF3N2O3/c1-22(7-8-26-14-4-2-3-13(18)9-14)16(25)11-23-10-12(17(19,20)21)5-6-15(23)24/h2-6,9-10H,7-8,11H2,1H3. The van der Waals surface area contributed by atoms with Crippen LogP contribution in [0.2, 0.25) is 5.02 Å². The maximum absolute atomic E-state index is 12.7. The van der Waals surface area contributed by atoms with Crippen molar-refractivity contribution in [2.75, 3.05) is 20.2 Å². The fourth-order valence-electron chi connectivity index (χ4n) is 2.07. The van der Waals surface area contributed by atoms with Crippen LogP contribution in [0.25, 0.3) is 0 Å². The van der Waals surface area contributed by atoms with Gasteiger partial charge in [0.25, 0.3) is 5.56 Å². The van der Waals surface area contributed by atoms with E-state index in [0.717, 1.165) is 10.6 Å². The molecule has 0 bridgehead atoms. The third-order valence-electron chi connectivity index (χ3n) is 3.53. The first-order valence-electron chi connectivity index (χ1n) is 7.57. The van der Waals surface area contributed by atoms with Gasteiger partial charge in [-0.2, -0.15) is 13.2 Å². The molecule has 0 spiro atoms. The normalized spacial score (nSPS) is 11.3. The topological polar surface area (TPSA) is 51.5 Å². The Kier molecular flexibility index (Phi) is 6.31. The predicted octanol–water partition coefficient (Wildman–Crippen LogP) is 3.06. The number of nitrogens with zero attached hydrogens (tertiary/aromatic N) is 2. The fraction of sp³-hybridized carbons (Fsp3) is 0.294. The van der Waals surface area contributed by atoms with Gasteiger partial charge in [-0.25, -0.2) is 0 Å². The largest absolute Gasteiger partial charge is 0.492 e. The zero-order chi connectivity index (χ0) is 19.3. The lowest BCUT2D eigenvalue weighted by Gasteiger charge is -2.18. The summed E-state index contributed by atoms with van der Waals surface area (Å²) in [6.45, 7) is -0.129. The summed E-state index contributed by atoms with van der Waals surface area (Å²) in [7, 11) is 1.47. The highest BCUT2D eigenvalue weighted by atomic mass is 35.5. The number of likely N-dealkylation sites (N-methyl/N-ethyl adjacent to an activating group) is 1. The Morgan fingerprint density at radius 1 is 1.27 bits per heavy atom. The van der Waals surface area contributed by atoms with E-state index in [2.05, 4.69) is 0 Å². The molecular formula is C17H16ClF3N2O3. The quantitative estimate of drug-likeness (QED) is 0.764. The van der Waals surface area contributed by atoms with Gasteiger partial charge in [0.15, 0.2) is 0 Å². The molecule has 0 aliphatic carbocycles. The summed E-state index contributed by atoms with van der Waals surface area (Å²) in [5, 5.41) is 0.510. The monoisotopic (exact) mass is 388 g/mol. The minimum absolute atomic E-state index is 0.167. The summed E-state index contributed by atoms with van der Waals surface area (Å²) in [5.41, 5.74) is -1.67. The summed E-state index contributed by atoms with van der Waals surface area (Å²) < 4.78 is 44.3. The number of carbonyl (C=O) groups excluding carboxylic acids is 1. The van der Waals surface area contributed by atoms with Crippen LogP contribution in [-0.4, -0.2) is 35.6 Å². The number of aromatic nitrogens is 1. The maximum Gasteiger partial charge on any atom is 0.417 e. The van der Waals surface area contributed by atoms with E-state index in [4.69, 9.17) is 16.3 Å². The first-order chi connectivity index (χ1) is 12.2. The minimum atomic E-state index is -4.59. The van der Waals surface area contributed by atoms with Crippen LogP contribution in [-0.2, 0) is 17.5 Å². The molecule has 2 aromatic rings. The van der Waals surface area contributed by atoms with E-state index in [-0.39, 0.29) is 13.2 Å². The molecule has 0 saturated heterocycles. The van der Waals surface area contributed by atoms with Gasteiger partial charge in [0.2, 0.25) is 5.91 Å². The lowest BCUT2D eigenvalue weighted by Crippen LogP contribution is -2.36. The van der Waals surface area contributed by atoms with E-state index in [1.165, 1.54) is 11.9 Å². The molecule has 1 amide bonds. The van der Waals surface area contributed by atoms with E-state index < -0.39 is 29.8 Å². The van der Waals surface area contributed by atoms with Gasteiger partial charge in [-0.3, -0.25) is 9.59 Å². The van der Waals surface area contributed by atoms with Gasteiger partial charge < -0.3 is 14.2 Å². The molecule has 0 saturated carbocycles. The Morgan fingerprint density at radius 3 is 2.65 bits per heavy atom. The average Bonchev–Trinajstić information content (AvgIpc) is 2.55. The second kappa shape index (κ2) is 8.27. The molecule has 0 aliphatic heterocycles.